The molecule has 0 aliphatic carbocycles. The summed E-state index contributed by atoms with van der Waals surface area (Å²) in [6.45, 7) is 6.65. The second-order valence-electron chi connectivity index (χ2n) is 6.34. The van der Waals surface area contributed by atoms with Gasteiger partial charge in [-0.25, -0.2) is 0 Å². The van der Waals surface area contributed by atoms with Gasteiger partial charge in [0.2, 0.25) is 5.91 Å². The van der Waals surface area contributed by atoms with Gasteiger partial charge in [-0.2, -0.15) is 0 Å². The topological polar surface area (TPSA) is 70.8 Å². The number of likely N-dealkylation sites (tertiary alicyclic amines) is 1. The van der Waals surface area contributed by atoms with E-state index >= 15 is 0 Å². The Bertz CT molecular complexity index is 631. The Kier molecular flexibility index (Phi) is 4.17. The van der Waals surface area contributed by atoms with E-state index in [0.29, 0.717) is 29.1 Å². The van der Waals surface area contributed by atoms with E-state index in [1.807, 2.05) is 6.07 Å². The SMILES string of the molecule is C=CC(=O)Nc1cc(N)c(OC)cc1N1CCC2CN(C)C[C@@H]21. The molecule has 3 N–H and O–H groups in total. The lowest BCUT2D eigenvalue weighted by Gasteiger charge is -2.29. The number of nitrogens with one attached hydrogen (secondary N) is 1. The largest absolute Gasteiger partial charge is 0.495 e. The number of nitrogens with zero attached hydrogens (tertiary/aromatic N) is 2. The average molecular weight is 316 g/mol. The summed E-state index contributed by atoms with van der Waals surface area (Å²) < 4.78 is 5.37. The van der Waals surface area contributed by atoms with Crippen LogP contribution in [0.3, 0.4) is 0 Å². The monoisotopic (exact) mass is 316 g/mol. The van der Waals surface area contributed by atoms with Crippen molar-refractivity contribution >= 4 is 23.0 Å². The first kappa shape index (κ1) is 15.7. The van der Waals surface area contributed by atoms with Crippen LogP contribution in [-0.2, 0) is 4.79 Å². The van der Waals surface area contributed by atoms with Gasteiger partial charge in [-0.1, -0.05) is 6.58 Å². The van der Waals surface area contributed by atoms with Crippen LogP contribution in [0, 0.1) is 5.92 Å². The summed E-state index contributed by atoms with van der Waals surface area (Å²) in [6, 6.07) is 4.16. The minimum atomic E-state index is -0.241. The molecule has 0 radical (unpaired) electrons. The summed E-state index contributed by atoms with van der Waals surface area (Å²) in [4.78, 5) is 16.5. The second-order valence-corrected chi connectivity index (χ2v) is 6.34. The zero-order valence-corrected chi connectivity index (χ0v) is 13.7. The molecule has 3 rings (SSSR count). The first-order valence-corrected chi connectivity index (χ1v) is 7.89. The zero-order valence-electron chi connectivity index (χ0n) is 13.7. The summed E-state index contributed by atoms with van der Waals surface area (Å²) in [5.41, 5.74) is 8.20. The number of rotatable bonds is 4. The number of amides is 1. The number of benzene rings is 1. The molecule has 0 bridgehead atoms. The number of nitrogen functional groups attached to an aromatic ring is 1. The van der Waals surface area contributed by atoms with E-state index in [-0.39, 0.29) is 5.91 Å². The molecule has 1 amide bonds. The molecule has 0 saturated carbocycles. The lowest BCUT2D eigenvalue weighted by molar-refractivity contribution is -0.111. The molecule has 2 heterocycles. The van der Waals surface area contributed by atoms with E-state index in [4.69, 9.17) is 10.5 Å². The highest BCUT2D eigenvalue weighted by Crippen LogP contribution is 2.41. The molecule has 2 saturated heterocycles. The molecular weight excluding hydrogens is 292 g/mol. The van der Waals surface area contributed by atoms with E-state index in [2.05, 4.69) is 28.7 Å². The molecule has 2 atom stereocenters. The lowest BCUT2D eigenvalue weighted by atomic mass is 10.0. The van der Waals surface area contributed by atoms with Crippen LogP contribution in [0.1, 0.15) is 6.42 Å². The number of likely N-dealkylation sites (N-methyl/N-ethyl adjacent to an activating group) is 1. The van der Waals surface area contributed by atoms with Crippen molar-refractivity contribution in [2.24, 2.45) is 5.92 Å². The van der Waals surface area contributed by atoms with Gasteiger partial charge in [-0.05, 0) is 31.5 Å². The predicted molar refractivity (Wildman–Crippen MR) is 93.0 cm³/mol. The van der Waals surface area contributed by atoms with Crippen LogP contribution in [-0.4, -0.2) is 50.6 Å². The highest BCUT2D eigenvalue weighted by atomic mass is 16.5. The fourth-order valence-corrected chi connectivity index (χ4v) is 3.76. The average Bonchev–Trinajstić information content (AvgIpc) is 3.06. The van der Waals surface area contributed by atoms with E-state index in [0.717, 1.165) is 31.7 Å². The van der Waals surface area contributed by atoms with Crippen molar-refractivity contribution in [3.63, 3.8) is 0 Å². The summed E-state index contributed by atoms with van der Waals surface area (Å²) in [5.74, 6) is 1.06. The van der Waals surface area contributed by atoms with E-state index in [1.54, 1.807) is 13.2 Å². The minimum Gasteiger partial charge on any atom is -0.495 e. The molecule has 2 aliphatic heterocycles. The summed E-state index contributed by atoms with van der Waals surface area (Å²) in [6.07, 6.45) is 2.43. The van der Waals surface area contributed by atoms with Gasteiger partial charge in [0.25, 0.3) is 0 Å². The normalized spacial score (nSPS) is 23.7. The van der Waals surface area contributed by atoms with Crippen molar-refractivity contribution in [1.29, 1.82) is 0 Å². The van der Waals surface area contributed by atoms with E-state index in [1.165, 1.54) is 6.08 Å². The van der Waals surface area contributed by atoms with Crippen LogP contribution in [0.2, 0.25) is 0 Å². The highest BCUT2D eigenvalue weighted by molar-refractivity contribution is 6.02. The Morgan fingerprint density at radius 3 is 2.96 bits per heavy atom. The maximum Gasteiger partial charge on any atom is 0.247 e. The third-order valence-corrected chi connectivity index (χ3v) is 4.83. The van der Waals surface area contributed by atoms with Crippen molar-refractivity contribution in [2.75, 3.05) is 49.7 Å². The maximum atomic E-state index is 11.8. The summed E-state index contributed by atoms with van der Waals surface area (Å²) in [7, 11) is 3.76. The highest BCUT2D eigenvalue weighted by Gasteiger charge is 2.41. The lowest BCUT2D eigenvalue weighted by Crippen LogP contribution is -2.35. The van der Waals surface area contributed by atoms with Gasteiger partial charge in [0.15, 0.2) is 0 Å². The van der Waals surface area contributed by atoms with Gasteiger partial charge in [0, 0.05) is 31.7 Å². The number of fused-ring (bicyclic) bond motifs is 1. The Hall–Kier alpha value is -2.21. The molecule has 1 aromatic carbocycles. The van der Waals surface area contributed by atoms with Gasteiger partial charge in [-0.3, -0.25) is 4.79 Å². The minimum absolute atomic E-state index is 0.241. The van der Waals surface area contributed by atoms with Gasteiger partial charge in [0.05, 0.1) is 24.2 Å². The van der Waals surface area contributed by atoms with Crippen LogP contribution < -0.4 is 20.7 Å². The zero-order chi connectivity index (χ0) is 16.6. The molecule has 1 aromatic rings. The smallest absolute Gasteiger partial charge is 0.247 e. The van der Waals surface area contributed by atoms with Crippen LogP contribution >= 0.6 is 0 Å². The molecule has 1 unspecified atom stereocenters. The fourth-order valence-electron chi connectivity index (χ4n) is 3.76. The van der Waals surface area contributed by atoms with Crippen molar-refractivity contribution < 1.29 is 9.53 Å². The number of ether oxygens (including phenoxy) is 1. The third kappa shape index (κ3) is 2.86. The van der Waals surface area contributed by atoms with Gasteiger partial charge in [0.1, 0.15) is 5.75 Å². The number of carbonyl (C=O) groups excluding carboxylic acids is 1. The van der Waals surface area contributed by atoms with Gasteiger partial charge < -0.3 is 25.6 Å². The maximum absolute atomic E-state index is 11.8. The molecule has 0 aromatic heterocycles. The molecule has 0 spiro atoms. The Balaban J connectivity index is 1.98. The molecule has 124 valence electrons. The van der Waals surface area contributed by atoms with Crippen LogP contribution in [0.15, 0.2) is 24.8 Å². The van der Waals surface area contributed by atoms with Crippen LogP contribution in [0.4, 0.5) is 17.1 Å². The molecule has 2 aliphatic rings. The number of anilines is 3. The second kappa shape index (κ2) is 6.12. The fraction of sp³-hybridized carbons (Fsp3) is 0.471. The van der Waals surface area contributed by atoms with Gasteiger partial charge >= 0.3 is 0 Å². The number of carbonyl (C=O) groups is 1. The molecule has 23 heavy (non-hydrogen) atoms. The number of hydrogen-bond acceptors (Lipinski definition) is 5. The predicted octanol–water partition coefficient (Wildman–Crippen LogP) is 1.54. The summed E-state index contributed by atoms with van der Waals surface area (Å²) in [5, 5.41) is 2.87. The van der Waals surface area contributed by atoms with Crippen molar-refractivity contribution in [1.82, 2.24) is 4.90 Å². The Morgan fingerprint density at radius 1 is 1.48 bits per heavy atom. The Morgan fingerprint density at radius 2 is 2.26 bits per heavy atom. The van der Waals surface area contributed by atoms with Crippen LogP contribution in [0.25, 0.3) is 0 Å². The van der Waals surface area contributed by atoms with E-state index in [9.17, 15) is 4.79 Å². The van der Waals surface area contributed by atoms with Crippen molar-refractivity contribution in [3.8, 4) is 5.75 Å². The molecule has 6 heteroatoms. The quantitative estimate of drug-likeness (QED) is 0.651. The first-order valence-electron chi connectivity index (χ1n) is 7.89. The molecular formula is C17H24N4O2. The number of hydrogen-bond donors (Lipinski definition) is 2. The van der Waals surface area contributed by atoms with Crippen LogP contribution in [0.5, 0.6) is 5.75 Å². The van der Waals surface area contributed by atoms with Crippen molar-refractivity contribution in [3.05, 3.63) is 24.8 Å². The Labute approximate surface area is 136 Å². The molecule has 2 fully saturated rings. The third-order valence-electron chi connectivity index (χ3n) is 4.83. The first-order chi connectivity index (χ1) is 11.0. The number of nitrogens with two attached hydrogens (primary N) is 1. The summed E-state index contributed by atoms with van der Waals surface area (Å²) >= 11 is 0. The molecule has 6 nitrogen and oxygen atoms in total. The number of methoxy groups -OCH3 is 1. The van der Waals surface area contributed by atoms with Crippen molar-refractivity contribution in [2.45, 2.75) is 12.5 Å². The standard InChI is InChI=1S/C17H24N4O2/c1-4-17(22)19-13-7-12(18)16(23-3)8-14(13)21-6-5-11-9-20(2)10-15(11)21/h4,7-8,11,15H,1,5-6,9-10,18H2,2-3H3,(H,19,22)/t11?,15-/m0/s1. The van der Waals surface area contributed by atoms with Gasteiger partial charge in [-0.15, -0.1) is 0 Å². The van der Waals surface area contributed by atoms with E-state index < -0.39 is 0 Å².